The highest BCUT2D eigenvalue weighted by molar-refractivity contribution is 5.79. The van der Waals surface area contributed by atoms with Crippen molar-refractivity contribution in [2.75, 3.05) is 26.2 Å². The molecule has 4 rings (SSSR count). The van der Waals surface area contributed by atoms with Crippen molar-refractivity contribution in [3.05, 3.63) is 30.1 Å². The molecule has 140 valence electrons. The Labute approximate surface area is 156 Å². The molecule has 3 heterocycles. The number of benzene rings is 1. The van der Waals surface area contributed by atoms with Gasteiger partial charge < -0.3 is 9.47 Å². The van der Waals surface area contributed by atoms with Gasteiger partial charge in [-0.3, -0.25) is 9.69 Å². The van der Waals surface area contributed by atoms with Crippen molar-refractivity contribution in [1.82, 2.24) is 19.4 Å². The zero-order valence-electron chi connectivity index (χ0n) is 16.0. The van der Waals surface area contributed by atoms with E-state index in [1.54, 1.807) is 0 Å². The third kappa shape index (κ3) is 3.37. The number of nitrogens with zero attached hydrogens (tertiary/aromatic N) is 4. The average Bonchev–Trinajstić information content (AvgIpc) is 3.29. The van der Waals surface area contributed by atoms with Gasteiger partial charge in [0, 0.05) is 25.0 Å². The third-order valence-electron chi connectivity index (χ3n) is 5.90. The van der Waals surface area contributed by atoms with Gasteiger partial charge in [-0.1, -0.05) is 12.1 Å². The van der Waals surface area contributed by atoms with Gasteiger partial charge in [0.05, 0.1) is 17.6 Å². The van der Waals surface area contributed by atoms with E-state index in [1.807, 2.05) is 0 Å². The Bertz CT molecular complexity index is 767. The maximum absolute atomic E-state index is 12.6. The number of hydrogen-bond donors (Lipinski definition) is 0. The molecule has 0 spiro atoms. The summed E-state index contributed by atoms with van der Waals surface area (Å²) in [7, 11) is 0. The van der Waals surface area contributed by atoms with Gasteiger partial charge in [-0.25, -0.2) is 4.98 Å². The first-order valence-corrected chi connectivity index (χ1v) is 10.1. The van der Waals surface area contributed by atoms with Crippen molar-refractivity contribution in [3.8, 4) is 0 Å². The van der Waals surface area contributed by atoms with Crippen LogP contribution in [0.1, 0.15) is 51.4 Å². The lowest BCUT2D eigenvalue weighted by molar-refractivity contribution is -0.136. The van der Waals surface area contributed by atoms with Crippen LogP contribution in [0.15, 0.2) is 24.3 Å². The second kappa shape index (κ2) is 7.39. The van der Waals surface area contributed by atoms with Crippen LogP contribution in [-0.4, -0.2) is 51.4 Å². The van der Waals surface area contributed by atoms with Gasteiger partial charge in [0.1, 0.15) is 5.82 Å². The Hall–Kier alpha value is -1.88. The van der Waals surface area contributed by atoms with Crippen LogP contribution in [0, 0.1) is 5.92 Å². The number of aromatic nitrogens is 2. The molecule has 1 amide bonds. The molecule has 0 N–H and O–H groups in total. The summed E-state index contributed by atoms with van der Waals surface area (Å²) in [6, 6.07) is 8.79. The van der Waals surface area contributed by atoms with Gasteiger partial charge in [0.25, 0.3) is 0 Å². The highest BCUT2D eigenvalue weighted by atomic mass is 16.2. The Morgan fingerprint density at radius 3 is 2.50 bits per heavy atom. The van der Waals surface area contributed by atoms with Crippen molar-refractivity contribution in [1.29, 1.82) is 0 Å². The largest absolute Gasteiger partial charge is 0.342 e. The lowest BCUT2D eigenvalue weighted by Gasteiger charge is -2.33. The van der Waals surface area contributed by atoms with E-state index in [0.29, 0.717) is 11.9 Å². The molecule has 0 saturated carbocycles. The minimum atomic E-state index is 0.230. The number of amides is 1. The highest BCUT2D eigenvalue weighted by Gasteiger charge is 2.30. The van der Waals surface area contributed by atoms with Crippen molar-refractivity contribution in [3.63, 3.8) is 0 Å². The summed E-state index contributed by atoms with van der Waals surface area (Å²) < 4.78 is 2.36. The standard InChI is InChI=1S/C21H30N4O/c1-16(2)25-19-8-4-3-7-18(19)22-20(25)15-23-13-9-17(10-14-23)21(26)24-11-5-6-12-24/h3-4,7-8,16-17H,5-6,9-15H2,1-2H3. The first-order chi connectivity index (χ1) is 12.6. The fraction of sp³-hybridized carbons (Fsp3) is 0.619. The molecular formula is C21H30N4O. The van der Waals surface area contributed by atoms with Gasteiger partial charge in [-0.15, -0.1) is 0 Å². The summed E-state index contributed by atoms with van der Waals surface area (Å²) >= 11 is 0. The molecule has 2 fully saturated rings. The molecule has 2 aromatic rings. The van der Waals surface area contributed by atoms with E-state index in [1.165, 1.54) is 18.4 Å². The highest BCUT2D eigenvalue weighted by Crippen LogP contribution is 2.25. The van der Waals surface area contributed by atoms with Crippen LogP contribution in [0.25, 0.3) is 11.0 Å². The molecule has 0 bridgehead atoms. The Kier molecular flexibility index (Phi) is 4.98. The summed E-state index contributed by atoms with van der Waals surface area (Å²) in [5.41, 5.74) is 2.30. The van der Waals surface area contributed by atoms with Crippen LogP contribution in [0.4, 0.5) is 0 Å². The van der Waals surface area contributed by atoms with Gasteiger partial charge in [0.15, 0.2) is 0 Å². The summed E-state index contributed by atoms with van der Waals surface area (Å²) in [4.78, 5) is 22.1. The number of piperidine rings is 1. The van der Waals surface area contributed by atoms with Gasteiger partial charge in [-0.05, 0) is 64.8 Å². The van der Waals surface area contributed by atoms with E-state index < -0.39 is 0 Å². The quantitative estimate of drug-likeness (QED) is 0.844. The molecule has 26 heavy (non-hydrogen) atoms. The van der Waals surface area contributed by atoms with Gasteiger partial charge in [-0.2, -0.15) is 0 Å². The molecule has 0 unspecified atom stereocenters. The topological polar surface area (TPSA) is 41.4 Å². The molecule has 2 aliphatic heterocycles. The predicted octanol–water partition coefficient (Wildman–Crippen LogP) is 3.45. The van der Waals surface area contributed by atoms with E-state index in [0.717, 1.165) is 56.9 Å². The maximum atomic E-state index is 12.6. The zero-order chi connectivity index (χ0) is 18.1. The van der Waals surface area contributed by atoms with Crippen LogP contribution in [0.5, 0.6) is 0 Å². The molecule has 0 aliphatic carbocycles. The van der Waals surface area contributed by atoms with Crippen LogP contribution in [0.3, 0.4) is 0 Å². The molecule has 2 aliphatic rings. The first-order valence-electron chi connectivity index (χ1n) is 10.1. The first kappa shape index (κ1) is 17.5. The molecule has 0 radical (unpaired) electrons. The number of carbonyl (C=O) groups excluding carboxylic acids is 1. The van der Waals surface area contributed by atoms with E-state index >= 15 is 0 Å². The Morgan fingerprint density at radius 2 is 1.81 bits per heavy atom. The van der Waals surface area contributed by atoms with Crippen LogP contribution >= 0.6 is 0 Å². The van der Waals surface area contributed by atoms with E-state index in [-0.39, 0.29) is 5.92 Å². The van der Waals surface area contributed by atoms with Crippen molar-refractivity contribution < 1.29 is 4.79 Å². The minimum Gasteiger partial charge on any atom is -0.342 e. The molecular weight excluding hydrogens is 324 g/mol. The second-order valence-electron chi connectivity index (χ2n) is 8.06. The molecule has 5 heteroatoms. The van der Waals surface area contributed by atoms with E-state index in [4.69, 9.17) is 4.98 Å². The monoisotopic (exact) mass is 354 g/mol. The summed E-state index contributed by atoms with van der Waals surface area (Å²) in [5.74, 6) is 1.77. The van der Waals surface area contributed by atoms with E-state index in [9.17, 15) is 4.79 Å². The Balaban J connectivity index is 1.42. The number of imidazole rings is 1. The fourth-order valence-corrected chi connectivity index (χ4v) is 4.52. The van der Waals surface area contributed by atoms with Crippen molar-refractivity contribution in [2.45, 2.75) is 52.1 Å². The lowest BCUT2D eigenvalue weighted by Crippen LogP contribution is -2.41. The number of hydrogen-bond acceptors (Lipinski definition) is 3. The van der Waals surface area contributed by atoms with Gasteiger partial charge in [0.2, 0.25) is 5.91 Å². The number of rotatable bonds is 4. The summed E-state index contributed by atoms with van der Waals surface area (Å²) in [6.07, 6.45) is 4.32. The summed E-state index contributed by atoms with van der Waals surface area (Å²) in [6.45, 7) is 9.24. The second-order valence-corrected chi connectivity index (χ2v) is 8.06. The predicted molar refractivity (Wildman–Crippen MR) is 104 cm³/mol. The van der Waals surface area contributed by atoms with Crippen molar-refractivity contribution in [2.24, 2.45) is 5.92 Å². The molecule has 2 saturated heterocycles. The third-order valence-corrected chi connectivity index (χ3v) is 5.90. The van der Waals surface area contributed by atoms with Crippen LogP contribution < -0.4 is 0 Å². The number of fused-ring (bicyclic) bond motifs is 1. The smallest absolute Gasteiger partial charge is 0.225 e. The SMILES string of the molecule is CC(C)n1c(CN2CCC(C(=O)N3CCCC3)CC2)nc2ccccc21. The molecule has 1 aromatic carbocycles. The van der Waals surface area contributed by atoms with Crippen molar-refractivity contribution >= 4 is 16.9 Å². The lowest BCUT2D eigenvalue weighted by atomic mass is 9.95. The average molecular weight is 354 g/mol. The van der Waals surface area contributed by atoms with Crippen LogP contribution in [0.2, 0.25) is 0 Å². The fourth-order valence-electron chi connectivity index (χ4n) is 4.52. The zero-order valence-corrected chi connectivity index (χ0v) is 16.0. The van der Waals surface area contributed by atoms with Gasteiger partial charge >= 0.3 is 0 Å². The van der Waals surface area contributed by atoms with E-state index in [2.05, 4.69) is 52.5 Å². The molecule has 0 atom stereocenters. The maximum Gasteiger partial charge on any atom is 0.225 e. The number of likely N-dealkylation sites (tertiary alicyclic amines) is 2. The normalized spacial score (nSPS) is 19.7. The number of para-hydroxylation sites is 2. The Morgan fingerprint density at radius 1 is 1.12 bits per heavy atom. The summed E-state index contributed by atoms with van der Waals surface area (Å²) in [5, 5.41) is 0. The van der Waals surface area contributed by atoms with Crippen LogP contribution in [-0.2, 0) is 11.3 Å². The minimum absolute atomic E-state index is 0.230. The molecule has 5 nitrogen and oxygen atoms in total. The number of carbonyl (C=O) groups is 1. The molecule has 1 aromatic heterocycles.